The van der Waals surface area contributed by atoms with Gasteiger partial charge in [-0.25, -0.2) is 0 Å². The van der Waals surface area contributed by atoms with Gasteiger partial charge in [0.2, 0.25) is 5.91 Å². The van der Waals surface area contributed by atoms with E-state index in [4.69, 9.17) is 5.11 Å². The number of carboxylic acids is 1. The first kappa shape index (κ1) is 15.7. The predicted molar refractivity (Wildman–Crippen MR) is 65.7 cm³/mol. The van der Waals surface area contributed by atoms with Crippen LogP contribution in [0.2, 0.25) is 0 Å². The second kappa shape index (κ2) is 6.23. The van der Waals surface area contributed by atoms with Gasteiger partial charge in [-0.05, 0) is 30.2 Å². The van der Waals surface area contributed by atoms with Gasteiger partial charge in [-0.2, -0.15) is 13.2 Å². The Hall–Kier alpha value is -2.31. The van der Waals surface area contributed by atoms with Crippen LogP contribution >= 0.6 is 0 Å². The fraction of sp³-hybridized carbons (Fsp3) is 0.231. The highest BCUT2D eigenvalue weighted by atomic mass is 19.4. The second-order valence-electron chi connectivity index (χ2n) is 4.02. The van der Waals surface area contributed by atoms with Gasteiger partial charge < -0.3 is 10.4 Å². The summed E-state index contributed by atoms with van der Waals surface area (Å²) in [5.74, 6) is -1.88. The first-order chi connectivity index (χ1) is 9.20. The summed E-state index contributed by atoms with van der Waals surface area (Å²) in [6.45, 7) is 0.918. The monoisotopic (exact) mass is 287 g/mol. The molecule has 0 saturated carbocycles. The highest BCUT2D eigenvalue weighted by Gasteiger charge is 2.30. The molecule has 0 fully saturated rings. The minimum atomic E-state index is -4.46. The van der Waals surface area contributed by atoms with Crippen molar-refractivity contribution in [1.82, 2.24) is 5.32 Å². The third kappa shape index (κ3) is 4.75. The molecule has 1 rings (SSSR count). The minimum Gasteiger partial charge on any atom is -0.480 e. The van der Waals surface area contributed by atoms with Gasteiger partial charge in [0.05, 0.1) is 5.56 Å². The molecular formula is C13H12F3NO3. The van der Waals surface area contributed by atoms with Gasteiger partial charge in [-0.1, -0.05) is 12.1 Å². The number of aliphatic carboxylic acids is 1. The fourth-order valence-electron chi connectivity index (χ4n) is 1.43. The van der Waals surface area contributed by atoms with Crippen molar-refractivity contribution in [3.8, 4) is 0 Å². The summed E-state index contributed by atoms with van der Waals surface area (Å²) in [6, 6.07) is 4.54. The maximum absolute atomic E-state index is 12.5. The summed E-state index contributed by atoms with van der Waals surface area (Å²) in [4.78, 5) is 21.6. The van der Waals surface area contributed by atoms with Crippen molar-refractivity contribution in [3.63, 3.8) is 0 Å². The molecule has 7 heteroatoms. The van der Waals surface area contributed by atoms with Gasteiger partial charge in [0.1, 0.15) is 6.54 Å². The van der Waals surface area contributed by atoms with E-state index in [2.05, 4.69) is 5.32 Å². The molecule has 0 saturated heterocycles. The molecule has 0 aliphatic carbocycles. The number of halogens is 3. The van der Waals surface area contributed by atoms with E-state index < -0.39 is 30.2 Å². The second-order valence-corrected chi connectivity index (χ2v) is 4.02. The van der Waals surface area contributed by atoms with E-state index in [0.29, 0.717) is 5.57 Å². The standard InChI is InChI=1S/C13H12F3NO3/c1-8(5-11(18)17-7-12(19)20)9-3-2-4-10(6-9)13(14,15)16/h2-6H,7H2,1H3,(H,17,18)(H,19,20). The molecule has 2 N–H and O–H groups in total. The predicted octanol–water partition coefficient (Wildman–Crippen LogP) is 2.31. The van der Waals surface area contributed by atoms with E-state index in [1.807, 2.05) is 0 Å². The van der Waals surface area contributed by atoms with Crippen LogP contribution in [0.15, 0.2) is 30.3 Å². The van der Waals surface area contributed by atoms with E-state index in [9.17, 15) is 22.8 Å². The molecule has 0 radical (unpaired) electrons. The Morgan fingerprint density at radius 2 is 2.00 bits per heavy atom. The lowest BCUT2D eigenvalue weighted by Crippen LogP contribution is -2.27. The molecule has 0 heterocycles. The van der Waals surface area contributed by atoms with Crippen LogP contribution in [-0.4, -0.2) is 23.5 Å². The number of carbonyl (C=O) groups is 2. The zero-order chi connectivity index (χ0) is 15.3. The van der Waals surface area contributed by atoms with Crippen molar-refractivity contribution in [2.24, 2.45) is 0 Å². The highest BCUT2D eigenvalue weighted by Crippen LogP contribution is 2.30. The van der Waals surface area contributed by atoms with Crippen LogP contribution in [0.4, 0.5) is 13.2 Å². The van der Waals surface area contributed by atoms with E-state index in [1.54, 1.807) is 0 Å². The van der Waals surface area contributed by atoms with Crippen LogP contribution < -0.4 is 5.32 Å². The molecule has 0 unspecified atom stereocenters. The first-order valence-corrected chi connectivity index (χ1v) is 5.55. The van der Waals surface area contributed by atoms with Crippen molar-refractivity contribution in [2.45, 2.75) is 13.1 Å². The van der Waals surface area contributed by atoms with Gasteiger partial charge >= 0.3 is 12.1 Å². The topological polar surface area (TPSA) is 66.4 Å². The van der Waals surface area contributed by atoms with Gasteiger partial charge in [0.25, 0.3) is 0 Å². The molecule has 1 aromatic rings. The van der Waals surface area contributed by atoms with Gasteiger partial charge in [-0.15, -0.1) is 0 Å². The summed E-state index contributed by atoms with van der Waals surface area (Å²) in [7, 11) is 0. The van der Waals surface area contributed by atoms with Gasteiger partial charge in [0.15, 0.2) is 0 Å². The number of hydrogen-bond acceptors (Lipinski definition) is 2. The molecule has 0 aliphatic rings. The van der Waals surface area contributed by atoms with Crippen LogP contribution in [0.3, 0.4) is 0 Å². The largest absolute Gasteiger partial charge is 0.480 e. The van der Waals surface area contributed by atoms with Crippen LogP contribution in [0.25, 0.3) is 5.57 Å². The third-order valence-electron chi connectivity index (χ3n) is 2.41. The summed E-state index contributed by atoms with van der Waals surface area (Å²) in [5.41, 5.74) is -0.266. The van der Waals surface area contributed by atoms with Crippen LogP contribution in [0, 0.1) is 0 Å². The number of allylic oxidation sites excluding steroid dienone is 1. The van der Waals surface area contributed by atoms with Crippen molar-refractivity contribution in [2.75, 3.05) is 6.54 Å². The highest BCUT2D eigenvalue weighted by molar-refractivity contribution is 5.96. The Morgan fingerprint density at radius 1 is 1.35 bits per heavy atom. The SMILES string of the molecule is CC(=CC(=O)NCC(=O)O)c1cccc(C(F)(F)F)c1. The average Bonchev–Trinajstić information content (AvgIpc) is 2.35. The van der Waals surface area contributed by atoms with Crippen molar-refractivity contribution in [3.05, 3.63) is 41.5 Å². The number of alkyl halides is 3. The van der Waals surface area contributed by atoms with Crippen molar-refractivity contribution in [1.29, 1.82) is 0 Å². The third-order valence-corrected chi connectivity index (χ3v) is 2.41. The average molecular weight is 287 g/mol. The summed E-state index contributed by atoms with van der Waals surface area (Å²) in [5, 5.41) is 10.5. The van der Waals surface area contributed by atoms with Crippen molar-refractivity contribution >= 4 is 17.4 Å². The Labute approximate surface area is 112 Å². The number of nitrogens with one attached hydrogen (secondary N) is 1. The smallest absolute Gasteiger partial charge is 0.416 e. The van der Waals surface area contributed by atoms with Gasteiger partial charge in [-0.3, -0.25) is 9.59 Å². The molecule has 1 aromatic carbocycles. The summed E-state index contributed by atoms with van der Waals surface area (Å²) in [6.07, 6.45) is -3.40. The van der Waals surface area contributed by atoms with Crippen LogP contribution in [-0.2, 0) is 15.8 Å². The molecule has 0 atom stereocenters. The summed E-state index contributed by atoms with van der Waals surface area (Å²) < 4.78 is 37.6. The molecular weight excluding hydrogens is 275 g/mol. The van der Waals surface area contributed by atoms with E-state index in [0.717, 1.165) is 18.2 Å². The lowest BCUT2D eigenvalue weighted by atomic mass is 10.0. The van der Waals surface area contributed by atoms with E-state index in [1.165, 1.54) is 19.1 Å². The Kier molecular flexibility index (Phi) is 4.90. The number of rotatable bonds is 4. The quantitative estimate of drug-likeness (QED) is 0.835. The number of benzene rings is 1. The Balaban J connectivity index is 2.89. The molecule has 0 aliphatic heterocycles. The lowest BCUT2D eigenvalue weighted by molar-refractivity contribution is -0.138. The first-order valence-electron chi connectivity index (χ1n) is 5.55. The lowest BCUT2D eigenvalue weighted by Gasteiger charge is -2.09. The zero-order valence-corrected chi connectivity index (χ0v) is 10.5. The van der Waals surface area contributed by atoms with E-state index in [-0.39, 0.29) is 5.56 Å². The number of amides is 1. The van der Waals surface area contributed by atoms with Crippen molar-refractivity contribution < 1.29 is 27.9 Å². The fourth-order valence-corrected chi connectivity index (χ4v) is 1.43. The van der Waals surface area contributed by atoms with E-state index >= 15 is 0 Å². The maximum atomic E-state index is 12.5. The van der Waals surface area contributed by atoms with Gasteiger partial charge in [0, 0.05) is 6.08 Å². The normalized spacial score (nSPS) is 12.1. The molecule has 1 amide bonds. The molecule has 4 nitrogen and oxygen atoms in total. The number of carboxylic acid groups (broad SMARTS) is 1. The number of hydrogen-bond donors (Lipinski definition) is 2. The molecule has 0 bridgehead atoms. The number of carbonyl (C=O) groups excluding carboxylic acids is 1. The van der Waals surface area contributed by atoms with Crippen LogP contribution in [0.5, 0.6) is 0 Å². The molecule has 0 aromatic heterocycles. The molecule has 0 spiro atoms. The molecule has 20 heavy (non-hydrogen) atoms. The zero-order valence-electron chi connectivity index (χ0n) is 10.5. The van der Waals surface area contributed by atoms with Crippen LogP contribution in [0.1, 0.15) is 18.1 Å². The minimum absolute atomic E-state index is 0.241. The Bertz CT molecular complexity index is 550. The maximum Gasteiger partial charge on any atom is 0.416 e. The summed E-state index contributed by atoms with van der Waals surface area (Å²) >= 11 is 0. The molecule has 108 valence electrons. The Morgan fingerprint density at radius 3 is 2.55 bits per heavy atom.